The Morgan fingerprint density at radius 3 is 2.70 bits per heavy atom. The summed E-state index contributed by atoms with van der Waals surface area (Å²) in [7, 11) is 0. The number of aryl methyl sites for hydroxylation is 1. The van der Waals surface area contributed by atoms with Crippen molar-refractivity contribution >= 4 is 11.7 Å². The predicted molar refractivity (Wildman–Crippen MR) is 78.1 cm³/mol. The van der Waals surface area contributed by atoms with E-state index in [4.69, 9.17) is 0 Å². The highest BCUT2D eigenvalue weighted by Gasteiger charge is 2.12. The molecule has 0 aliphatic carbocycles. The number of anilines is 1. The minimum absolute atomic E-state index is 0.0721. The number of nitrogens with zero attached hydrogens (tertiary/aromatic N) is 2. The van der Waals surface area contributed by atoms with Gasteiger partial charge in [0.2, 0.25) is 5.91 Å². The van der Waals surface area contributed by atoms with E-state index >= 15 is 0 Å². The Balaban J connectivity index is 1.86. The summed E-state index contributed by atoms with van der Waals surface area (Å²) in [6, 6.07) is 9.44. The van der Waals surface area contributed by atoms with Gasteiger partial charge in [0.05, 0.1) is 11.9 Å². The first-order chi connectivity index (χ1) is 9.65. The molecule has 0 saturated heterocycles. The zero-order chi connectivity index (χ0) is 14.4. The smallest absolute Gasteiger partial charge is 0.242 e. The first-order valence-electron chi connectivity index (χ1n) is 6.52. The van der Waals surface area contributed by atoms with Crippen LogP contribution in [-0.4, -0.2) is 21.9 Å². The molecule has 104 valence electrons. The van der Waals surface area contributed by atoms with E-state index in [1.807, 2.05) is 37.3 Å². The lowest BCUT2D eigenvalue weighted by molar-refractivity contribution is -0.121. The average Bonchev–Trinajstić information content (AvgIpc) is 2.46. The van der Waals surface area contributed by atoms with Gasteiger partial charge in [-0.25, -0.2) is 4.98 Å². The fraction of sp³-hybridized carbons (Fsp3) is 0.267. The van der Waals surface area contributed by atoms with Crippen LogP contribution in [0.5, 0.6) is 0 Å². The molecule has 5 nitrogen and oxygen atoms in total. The van der Waals surface area contributed by atoms with Gasteiger partial charge in [0.15, 0.2) is 0 Å². The number of nitrogens with one attached hydrogen (secondary N) is 2. The van der Waals surface area contributed by atoms with Gasteiger partial charge in [0.25, 0.3) is 0 Å². The molecule has 0 aliphatic heterocycles. The number of hydrogen-bond acceptors (Lipinski definition) is 4. The Hall–Kier alpha value is -2.43. The highest BCUT2D eigenvalue weighted by molar-refractivity contribution is 5.83. The summed E-state index contributed by atoms with van der Waals surface area (Å²) >= 11 is 0. The minimum atomic E-state index is -0.366. The van der Waals surface area contributed by atoms with Crippen LogP contribution in [0.4, 0.5) is 5.82 Å². The summed E-state index contributed by atoms with van der Waals surface area (Å²) in [5.74, 6) is 0.532. The molecule has 0 saturated carbocycles. The molecule has 0 radical (unpaired) electrons. The maximum atomic E-state index is 12.0. The molecule has 1 unspecified atom stereocenters. The predicted octanol–water partition coefficient (Wildman–Crippen LogP) is 1.90. The molecular weight excluding hydrogens is 252 g/mol. The standard InChI is InChI=1S/C15H18N4O/c1-11-8-16-10-14(18-11)19-12(2)15(20)17-9-13-6-4-3-5-7-13/h3-8,10,12H,9H2,1-2H3,(H,17,20)(H,18,19). The Bertz CT molecular complexity index is 571. The number of carbonyl (C=O) groups is 1. The van der Waals surface area contributed by atoms with E-state index in [0.29, 0.717) is 12.4 Å². The van der Waals surface area contributed by atoms with E-state index in [0.717, 1.165) is 11.3 Å². The van der Waals surface area contributed by atoms with E-state index in [-0.39, 0.29) is 11.9 Å². The van der Waals surface area contributed by atoms with Crippen molar-refractivity contribution in [2.24, 2.45) is 0 Å². The highest BCUT2D eigenvalue weighted by Crippen LogP contribution is 2.04. The molecule has 2 rings (SSSR count). The molecule has 0 fully saturated rings. The van der Waals surface area contributed by atoms with Crippen LogP contribution >= 0.6 is 0 Å². The molecule has 0 spiro atoms. The molecule has 20 heavy (non-hydrogen) atoms. The molecule has 1 aromatic carbocycles. The third-order valence-electron chi connectivity index (χ3n) is 2.82. The Labute approximate surface area is 118 Å². The lowest BCUT2D eigenvalue weighted by Crippen LogP contribution is -2.37. The third-order valence-corrected chi connectivity index (χ3v) is 2.82. The van der Waals surface area contributed by atoms with Gasteiger partial charge >= 0.3 is 0 Å². The first-order valence-corrected chi connectivity index (χ1v) is 6.52. The van der Waals surface area contributed by atoms with Crippen molar-refractivity contribution in [1.82, 2.24) is 15.3 Å². The lowest BCUT2D eigenvalue weighted by Gasteiger charge is -2.14. The molecular formula is C15H18N4O. The fourth-order valence-electron chi connectivity index (χ4n) is 1.76. The molecule has 5 heteroatoms. The number of rotatable bonds is 5. The summed E-state index contributed by atoms with van der Waals surface area (Å²) in [5, 5.41) is 5.92. The van der Waals surface area contributed by atoms with Crippen molar-refractivity contribution in [3.63, 3.8) is 0 Å². The van der Waals surface area contributed by atoms with Gasteiger partial charge in [-0.15, -0.1) is 0 Å². The number of carbonyl (C=O) groups excluding carboxylic acids is 1. The van der Waals surface area contributed by atoms with Crippen molar-refractivity contribution in [1.29, 1.82) is 0 Å². The van der Waals surface area contributed by atoms with Gasteiger partial charge in [-0.05, 0) is 19.4 Å². The van der Waals surface area contributed by atoms with Crippen LogP contribution in [-0.2, 0) is 11.3 Å². The van der Waals surface area contributed by atoms with Gasteiger partial charge < -0.3 is 10.6 Å². The van der Waals surface area contributed by atoms with Gasteiger partial charge in [0.1, 0.15) is 11.9 Å². The molecule has 1 aromatic heterocycles. The second-order valence-corrected chi connectivity index (χ2v) is 4.62. The normalized spacial score (nSPS) is 11.7. The van der Waals surface area contributed by atoms with Gasteiger partial charge in [-0.1, -0.05) is 30.3 Å². The number of aromatic nitrogens is 2. The molecule has 1 atom stereocenters. The van der Waals surface area contributed by atoms with Crippen molar-refractivity contribution < 1.29 is 4.79 Å². The first kappa shape index (κ1) is 14.0. The summed E-state index contributed by atoms with van der Waals surface area (Å²) in [4.78, 5) is 20.3. The van der Waals surface area contributed by atoms with Crippen LogP contribution in [0.3, 0.4) is 0 Å². The van der Waals surface area contributed by atoms with Crippen molar-refractivity contribution in [2.45, 2.75) is 26.4 Å². The van der Waals surface area contributed by atoms with Crippen molar-refractivity contribution in [2.75, 3.05) is 5.32 Å². The van der Waals surface area contributed by atoms with Gasteiger partial charge in [0, 0.05) is 12.7 Å². The van der Waals surface area contributed by atoms with E-state index in [1.165, 1.54) is 0 Å². The van der Waals surface area contributed by atoms with Crippen molar-refractivity contribution in [3.8, 4) is 0 Å². The SMILES string of the molecule is Cc1cncc(NC(C)C(=O)NCc2ccccc2)n1. The lowest BCUT2D eigenvalue weighted by atomic mass is 10.2. The summed E-state index contributed by atoms with van der Waals surface area (Å²) in [6.45, 7) is 4.17. The van der Waals surface area contributed by atoms with E-state index < -0.39 is 0 Å². The Morgan fingerprint density at radius 2 is 2.00 bits per heavy atom. The maximum Gasteiger partial charge on any atom is 0.242 e. The molecule has 0 bridgehead atoms. The van der Waals surface area contributed by atoms with E-state index in [1.54, 1.807) is 19.3 Å². The fourth-order valence-corrected chi connectivity index (χ4v) is 1.76. The zero-order valence-electron chi connectivity index (χ0n) is 11.6. The van der Waals surface area contributed by atoms with Crippen molar-refractivity contribution in [3.05, 3.63) is 54.0 Å². The van der Waals surface area contributed by atoms with Crippen LogP contribution in [0.2, 0.25) is 0 Å². The van der Waals surface area contributed by atoms with Crippen LogP contribution in [0.25, 0.3) is 0 Å². The molecule has 2 N–H and O–H groups in total. The molecule has 1 heterocycles. The second-order valence-electron chi connectivity index (χ2n) is 4.62. The summed E-state index contributed by atoms with van der Waals surface area (Å²) < 4.78 is 0. The second kappa shape index (κ2) is 6.65. The number of hydrogen-bond donors (Lipinski definition) is 2. The number of benzene rings is 1. The summed E-state index contributed by atoms with van der Waals surface area (Å²) in [5.41, 5.74) is 1.88. The third kappa shape index (κ3) is 4.05. The number of amides is 1. The molecule has 1 amide bonds. The Morgan fingerprint density at radius 1 is 1.25 bits per heavy atom. The zero-order valence-corrected chi connectivity index (χ0v) is 11.6. The van der Waals surface area contributed by atoms with Crippen LogP contribution in [0.1, 0.15) is 18.2 Å². The maximum absolute atomic E-state index is 12.0. The monoisotopic (exact) mass is 270 g/mol. The summed E-state index contributed by atoms with van der Waals surface area (Å²) in [6.07, 6.45) is 3.28. The molecule has 0 aliphatic rings. The van der Waals surface area contributed by atoms with Gasteiger partial charge in [-0.2, -0.15) is 0 Å². The largest absolute Gasteiger partial charge is 0.357 e. The average molecular weight is 270 g/mol. The highest BCUT2D eigenvalue weighted by atomic mass is 16.2. The van der Waals surface area contributed by atoms with Crippen LogP contribution in [0.15, 0.2) is 42.7 Å². The topological polar surface area (TPSA) is 66.9 Å². The van der Waals surface area contributed by atoms with E-state index in [9.17, 15) is 4.79 Å². The van der Waals surface area contributed by atoms with Gasteiger partial charge in [-0.3, -0.25) is 9.78 Å². The van der Waals surface area contributed by atoms with Crippen LogP contribution in [0, 0.1) is 6.92 Å². The molecule has 2 aromatic rings. The quantitative estimate of drug-likeness (QED) is 0.871. The Kier molecular flexibility index (Phi) is 4.65. The van der Waals surface area contributed by atoms with E-state index in [2.05, 4.69) is 20.6 Å². The van der Waals surface area contributed by atoms with Crippen LogP contribution < -0.4 is 10.6 Å². The minimum Gasteiger partial charge on any atom is -0.357 e.